The lowest BCUT2D eigenvalue weighted by Gasteiger charge is -2.15. The van der Waals surface area contributed by atoms with E-state index in [0.717, 1.165) is 13.1 Å². The van der Waals surface area contributed by atoms with Gasteiger partial charge in [0.25, 0.3) is 5.69 Å². The van der Waals surface area contributed by atoms with Crippen LogP contribution in [0.2, 0.25) is 0 Å². The lowest BCUT2D eigenvalue weighted by atomic mass is 10.1. The first-order valence-corrected chi connectivity index (χ1v) is 5.72. The molecule has 1 aromatic carbocycles. The zero-order chi connectivity index (χ0) is 12.8. The average Bonchev–Trinajstić information content (AvgIpc) is 2.28. The maximum absolute atomic E-state index is 11.0. The van der Waals surface area contributed by atoms with Crippen molar-refractivity contribution in [1.82, 2.24) is 4.90 Å². The summed E-state index contributed by atoms with van der Waals surface area (Å²) in [6.45, 7) is 6.37. The van der Waals surface area contributed by atoms with Gasteiger partial charge >= 0.3 is 0 Å². The van der Waals surface area contributed by atoms with Crippen LogP contribution in [0.5, 0.6) is 0 Å². The molecule has 17 heavy (non-hydrogen) atoms. The van der Waals surface area contributed by atoms with Gasteiger partial charge in [-0.2, -0.15) is 0 Å². The minimum atomic E-state index is -0.332. The van der Waals surface area contributed by atoms with Gasteiger partial charge in [-0.1, -0.05) is 19.1 Å². The summed E-state index contributed by atoms with van der Waals surface area (Å²) in [6, 6.07) is 5.33. The van der Waals surface area contributed by atoms with Crippen LogP contribution in [-0.4, -0.2) is 36.5 Å². The van der Waals surface area contributed by atoms with Crippen LogP contribution in [-0.2, 0) is 0 Å². The van der Waals surface area contributed by atoms with E-state index in [4.69, 9.17) is 0 Å². The van der Waals surface area contributed by atoms with Crippen molar-refractivity contribution in [3.63, 3.8) is 0 Å². The van der Waals surface area contributed by atoms with Gasteiger partial charge in [0, 0.05) is 18.7 Å². The van der Waals surface area contributed by atoms with E-state index >= 15 is 0 Å². The van der Waals surface area contributed by atoms with Crippen LogP contribution < -0.4 is 5.32 Å². The first-order chi connectivity index (χ1) is 8.06. The van der Waals surface area contributed by atoms with Gasteiger partial charge in [-0.25, -0.2) is 0 Å². The van der Waals surface area contributed by atoms with E-state index < -0.39 is 0 Å². The molecule has 5 nitrogen and oxygen atoms in total. The Bertz CT molecular complexity index is 393. The highest BCUT2D eigenvalue weighted by atomic mass is 16.6. The van der Waals surface area contributed by atoms with Gasteiger partial charge in [-0.3, -0.25) is 10.1 Å². The van der Waals surface area contributed by atoms with E-state index in [1.807, 2.05) is 13.1 Å². The Morgan fingerprint density at radius 3 is 2.76 bits per heavy atom. The van der Waals surface area contributed by atoms with Crippen LogP contribution in [0, 0.1) is 17.0 Å². The number of hydrogen-bond acceptors (Lipinski definition) is 4. The van der Waals surface area contributed by atoms with Crippen LogP contribution in [0.4, 0.5) is 11.4 Å². The summed E-state index contributed by atoms with van der Waals surface area (Å²) in [5.41, 5.74) is 1.45. The topological polar surface area (TPSA) is 58.4 Å². The minimum absolute atomic E-state index is 0.173. The molecular weight excluding hydrogens is 218 g/mol. The molecular formula is C12H19N3O2. The lowest BCUT2D eigenvalue weighted by Crippen LogP contribution is -2.24. The van der Waals surface area contributed by atoms with Gasteiger partial charge in [0.1, 0.15) is 5.69 Å². The van der Waals surface area contributed by atoms with Crippen LogP contribution in [0.3, 0.4) is 0 Å². The summed E-state index contributed by atoms with van der Waals surface area (Å²) in [4.78, 5) is 12.8. The molecule has 0 unspecified atom stereocenters. The number of benzene rings is 1. The number of nitro groups is 1. The van der Waals surface area contributed by atoms with E-state index in [0.29, 0.717) is 17.8 Å². The largest absolute Gasteiger partial charge is 0.378 e. The molecule has 0 aliphatic heterocycles. The van der Waals surface area contributed by atoms with E-state index in [1.54, 1.807) is 19.1 Å². The number of nitrogens with zero attached hydrogens (tertiary/aromatic N) is 2. The molecule has 0 amide bonds. The number of likely N-dealkylation sites (N-methyl/N-ethyl adjacent to an activating group) is 1. The van der Waals surface area contributed by atoms with Crippen LogP contribution >= 0.6 is 0 Å². The SMILES string of the molecule is CCN(C)CCNc1cccc(C)c1[N+](=O)[O-]. The number of para-hydroxylation sites is 1. The maximum Gasteiger partial charge on any atom is 0.295 e. The first kappa shape index (κ1) is 13.4. The third-order valence-corrected chi connectivity index (χ3v) is 2.77. The van der Waals surface area contributed by atoms with Crippen molar-refractivity contribution in [3.05, 3.63) is 33.9 Å². The van der Waals surface area contributed by atoms with Crippen molar-refractivity contribution in [2.24, 2.45) is 0 Å². The van der Waals surface area contributed by atoms with Crippen LogP contribution in [0.1, 0.15) is 12.5 Å². The normalized spacial score (nSPS) is 10.6. The van der Waals surface area contributed by atoms with Crippen molar-refractivity contribution in [1.29, 1.82) is 0 Å². The highest BCUT2D eigenvalue weighted by Crippen LogP contribution is 2.27. The average molecular weight is 237 g/mol. The molecule has 0 bridgehead atoms. The Balaban J connectivity index is 2.71. The summed E-state index contributed by atoms with van der Waals surface area (Å²) in [6.07, 6.45) is 0. The molecule has 0 aliphatic rings. The fourth-order valence-electron chi connectivity index (χ4n) is 1.58. The van der Waals surface area contributed by atoms with Gasteiger partial charge in [-0.15, -0.1) is 0 Å². The summed E-state index contributed by atoms with van der Waals surface area (Å²) < 4.78 is 0. The Hall–Kier alpha value is -1.62. The van der Waals surface area contributed by atoms with Gasteiger partial charge in [0.15, 0.2) is 0 Å². The highest BCUT2D eigenvalue weighted by molar-refractivity contribution is 5.64. The van der Waals surface area contributed by atoms with Crippen LogP contribution in [0.25, 0.3) is 0 Å². The van der Waals surface area contributed by atoms with Gasteiger partial charge in [-0.05, 0) is 26.6 Å². The Morgan fingerprint density at radius 2 is 2.18 bits per heavy atom. The molecule has 0 saturated heterocycles. The van der Waals surface area contributed by atoms with Crippen molar-refractivity contribution >= 4 is 11.4 Å². The molecule has 5 heteroatoms. The second-order valence-electron chi connectivity index (χ2n) is 4.05. The van der Waals surface area contributed by atoms with Crippen molar-refractivity contribution in [2.75, 3.05) is 32.0 Å². The first-order valence-electron chi connectivity index (χ1n) is 5.72. The van der Waals surface area contributed by atoms with E-state index in [-0.39, 0.29) is 10.6 Å². The monoisotopic (exact) mass is 237 g/mol. The number of rotatable bonds is 6. The lowest BCUT2D eigenvalue weighted by molar-refractivity contribution is -0.384. The number of hydrogen-bond donors (Lipinski definition) is 1. The number of aryl methyl sites for hydroxylation is 1. The van der Waals surface area contributed by atoms with E-state index in [1.165, 1.54) is 0 Å². The Labute approximate surface area is 102 Å². The van der Waals surface area contributed by atoms with Gasteiger partial charge in [0.2, 0.25) is 0 Å². The van der Waals surface area contributed by atoms with Gasteiger partial charge < -0.3 is 10.2 Å². The molecule has 1 aromatic rings. The van der Waals surface area contributed by atoms with Crippen molar-refractivity contribution in [3.8, 4) is 0 Å². The quantitative estimate of drug-likeness (QED) is 0.609. The molecule has 0 heterocycles. The molecule has 1 N–H and O–H groups in total. The molecule has 0 aromatic heterocycles. The standard InChI is InChI=1S/C12H19N3O2/c1-4-14(3)9-8-13-11-7-5-6-10(2)12(11)15(16)17/h5-7,13H,4,8-9H2,1-3H3. The highest BCUT2D eigenvalue weighted by Gasteiger charge is 2.15. The van der Waals surface area contributed by atoms with Crippen molar-refractivity contribution in [2.45, 2.75) is 13.8 Å². The Morgan fingerprint density at radius 1 is 1.47 bits per heavy atom. The summed E-state index contributed by atoms with van der Waals surface area (Å²) in [7, 11) is 2.02. The number of anilines is 1. The molecule has 0 aliphatic carbocycles. The van der Waals surface area contributed by atoms with Crippen molar-refractivity contribution < 1.29 is 4.92 Å². The van der Waals surface area contributed by atoms with E-state index in [9.17, 15) is 10.1 Å². The number of nitro benzene ring substituents is 1. The molecule has 0 spiro atoms. The van der Waals surface area contributed by atoms with Gasteiger partial charge in [0.05, 0.1) is 4.92 Å². The fraction of sp³-hybridized carbons (Fsp3) is 0.500. The predicted molar refractivity (Wildman–Crippen MR) is 69.5 cm³/mol. The molecule has 0 saturated carbocycles. The van der Waals surface area contributed by atoms with E-state index in [2.05, 4.69) is 17.1 Å². The maximum atomic E-state index is 11.0. The second kappa shape index (κ2) is 6.20. The Kier molecular flexibility index (Phi) is 4.90. The minimum Gasteiger partial charge on any atom is -0.378 e. The molecule has 1 rings (SSSR count). The number of nitrogens with one attached hydrogen (secondary N) is 1. The summed E-state index contributed by atoms with van der Waals surface area (Å²) >= 11 is 0. The molecule has 0 radical (unpaired) electrons. The second-order valence-corrected chi connectivity index (χ2v) is 4.05. The fourth-order valence-corrected chi connectivity index (χ4v) is 1.58. The third-order valence-electron chi connectivity index (χ3n) is 2.77. The molecule has 94 valence electrons. The third kappa shape index (κ3) is 3.71. The molecule has 0 fully saturated rings. The predicted octanol–water partition coefficient (Wildman–Crippen LogP) is 2.27. The molecule has 0 atom stereocenters. The smallest absolute Gasteiger partial charge is 0.295 e. The van der Waals surface area contributed by atoms with Crippen LogP contribution in [0.15, 0.2) is 18.2 Å². The summed E-state index contributed by atoms with van der Waals surface area (Å²) in [5, 5.41) is 14.1. The zero-order valence-electron chi connectivity index (χ0n) is 10.6. The zero-order valence-corrected chi connectivity index (χ0v) is 10.6. The summed E-state index contributed by atoms with van der Waals surface area (Å²) in [5.74, 6) is 0.